The second kappa shape index (κ2) is 6.46. The number of sulfonamides is 1. The van der Waals surface area contributed by atoms with Gasteiger partial charge in [0, 0.05) is 6.54 Å². The van der Waals surface area contributed by atoms with Crippen molar-refractivity contribution in [3.05, 3.63) is 51.2 Å². The van der Waals surface area contributed by atoms with Gasteiger partial charge in [0.25, 0.3) is 5.91 Å². The molecule has 1 aromatic carbocycles. The lowest BCUT2D eigenvalue weighted by Gasteiger charge is -2.11. The van der Waals surface area contributed by atoms with Gasteiger partial charge in [-0.15, -0.1) is 11.3 Å². The van der Waals surface area contributed by atoms with Crippen molar-refractivity contribution >= 4 is 44.6 Å². The summed E-state index contributed by atoms with van der Waals surface area (Å²) in [7, 11) is -3.37. The summed E-state index contributed by atoms with van der Waals surface area (Å²) in [6, 6.07) is 10.2. The Kier molecular flexibility index (Phi) is 4.87. The SMILES string of the molecule is CS(=O)(=O)Nc1ccccc1CNC(=O)c1ccc(Cl)s1. The van der Waals surface area contributed by atoms with Crippen LogP contribution in [0.5, 0.6) is 0 Å². The number of benzene rings is 1. The minimum Gasteiger partial charge on any atom is -0.347 e. The molecule has 1 amide bonds. The molecule has 1 aromatic heterocycles. The van der Waals surface area contributed by atoms with E-state index in [9.17, 15) is 13.2 Å². The van der Waals surface area contributed by atoms with E-state index in [0.717, 1.165) is 6.26 Å². The molecule has 0 radical (unpaired) electrons. The van der Waals surface area contributed by atoms with Crippen molar-refractivity contribution in [3.8, 4) is 0 Å². The molecule has 0 fully saturated rings. The summed E-state index contributed by atoms with van der Waals surface area (Å²) < 4.78 is 25.6. The summed E-state index contributed by atoms with van der Waals surface area (Å²) in [6.45, 7) is 0.215. The van der Waals surface area contributed by atoms with Gasteiger partial charge in [-0.1, -0.05) is 29.8 Å². The van der Waals surface area contributed by atoms with Gasteiger partial charge in [-0.2, -0.15) is 0 Å². The van der Waals surface area contributed by atoms with E-state index in [0.29, 0.717) is 20.5 Å². The summed E-state index contributed by atoms with van der Waals surface area (Å²) in [4.78, 5) is 12.4. The molecule has 0 bridgehead atoms. The van der Waals surface area contributed by atoms with Crippen molar-refractivity contribution < 1.29 is 13.2 Å². The molecule has 2 rings (SSSR count). The van der Waals surface area contributed by atoms with Crippen LogP contribution < -0.4 is 10.0 Å². The zero-order valence-electron chi connectivity index (χ0n) is 11.1. The van der Waals surface area contributed by atoms with Gasteiger partial charge in [-0.05, 0) is 23.8 Å². The fraction of sp³-hybridized carbons (Fsp3) is 0.154. The number of amides is 1. The number of hydrogen-bond donors (Lipinski definition) is 2. The Balaban J connectivity index is 2.08. The highest BCUT2D eigenvalue weighted by atomic mass is 35.5. The Morgan fingerprint density at radius 3 is 2.57 bits per heavy atom. The zero-order valence-corrected chi connectivity index (χ0v) is 13.5. The highest BCUT2D eigenvalue weighted by Gasteiger charge is 2.11. The molecule has 1 heterocycles. The largest absolute Gasteiger partial charge is 0.347 e. The van der Waals surface area contributed by atoms with Crippen molar-refractivity contribution in [1.29, 1.82) is 0 Å². The van der Waals surface area contributed by atoms with Gasteiger partial charge in [-0.3, -0.25) is 9.52 Å². The molecule has 0 unspecified atom stereocenters. The number of rotatable bonds is 5. The lowest BCUT2D eigenvalue weighted by atomic mass is 10.2. The number of hydrogen-bond acceptors (Lipinski definition) is 4. The number of thiophene rings is 1. The molecular weight excluding hydrogens is 332 g/mol. The van der Waals surface area contributed by atoms with Crippen molar-refractivity contribution in [2.45, 2.75) is 6.54 Å². The molecule has 0 aliphatic carbocycles. The molecular formula is C13H13ClN2O3S2. The summed E-state index contributed by atoms with van der Waals surface area (Å²) in [6.07, 6.45) is 1.08. The Hall–Kier alpha value is -1.57. The Labute approximate surface area is 132 Å². The van der Waals surface area contributed by atoms with Crippen LogP contribution in [0.25, 0.3) is 0 Å². The molecule has 5 nitrogen and oxygen atoms in total. The summed E-state index contributed by atoms with van der Waals surface area (Å²) in [5.41, 5.74) is 1.13. The van der Waals surface area contributed by atoms with Crippen LogP contribution >= 0.6 is 22.9 Å². The van der Waals surface area contributed by atoms with Crippen molar-refractivity contribution in [1.82, 2.24) is 5.32 Å². The standard InChI is InChI=1S/C13H13ClN2O3S2/c1-21(18,19)16-10-5-3-2-4-9(10)8-15-13(17)11-6-7-12(14)20-11/h2-7,16H,8H2,1H3,(H,15,17). The van der Waals surface area contributed by atoms with E-state index >= 15 is 0 Å². The van der Waals surface area contributed by atoms with Crippen LogP contribution in [-0.2, 0) is 16.6 Å². The van der Waals surface area contributed by atoms with E-state index in [-0.39, 0.29) is 12.5 Å². The van der Waals surface area contributed by atoms with E-state index in [1.807, 2.05) is 0 Å². The average Bonchev–Trinajstić information content (AvgIpc) is 2.82. The Bertz CT molecular complexity index is 756. The first-order chi connectivity index (χ1) is 9.85. The maximum atomic E-state index is 11.9. The molecule has 0 atom stereocenters. The minimum atomic E-state index is -3.37. The predicted octanol–water partition coefficient (Wildman–Crippen LogP) is 2.70. The maximum absolute atomic E-state index is 11.9. The first-order valence-electron chi connectivity index (χ1n) is 5.94. The molecule has 0 saturated carbocycles. The van der Waals surface area contributed by atoms with E-state index in [2.05, 4.69) is 10.0 Å². The molecule has 112 valence electrons. The average molecular weight is 345 g/mol. The Morgan fingerprint density at radius 2 is 1.95 bits per heavy atom. The van der Waals surface area contributed by atoms with Crippen LogP contribution in [0.3, 0.4) is 0 Å². The lowest BCUT2D eigenvalue weighted by Crippen LogP contribution is -2.23. The van der Waals surface area contributed by atoms with Gasteiger partial charge < -0.3 is 5.32 Å². The Morgan fingerprint density at radius 1 is 1.24 bits per heavy atom. The van der Waals surface area contributed by atoms with Gasteiger partial charge in [0.05, 0.1) is 21.2 Å². The molecule has 2 aromatic rings. The third-order valence-corrected chi connectivity index (χ3v) is 4.37. The van der Waals surface area contributed by atoms with E-state index in [1.165, 1.54) is 11.3 Å². The van der Waals surface area contributed by atoms with Crippen LogP contribution in [-0.4, -0.2) is 20.6 Å². The molecule has 0 spiro atoms. The molecule has 0 aliphatic heterocycles. The zero-order chi connectivity index (χ0) is 15.5. The maximum Gasteiger partial charge on any atom is 0.261 e. The van der Waals surface area contributed by atoms with Crippen LogP contribution in [0.4, 0.5) is 5.69 Å². The molecule has 8 heteroatoms. The molecule has 21 heavy (non-hydrogen) atoms. The van der Waals surface area contributed by atoms with Gasteiger partial charge in [0.1, 0.15) is 0 Å². The quantitative estimate of drug-likeness (QED) is 0.875. The van der Waals surface area contributed by atoms with E-state index in [4.69, 9.17) is 11.6 Å². The third-order valence-electron chi connectivity index (χ3n) is 2.55. The van der Waals surface area contributed by atoms with Crippen molar-refractivity contribution in [2.24, 2.45) is 0 Å². The highest BCUT2D eigenvalue weighted by Crippen LogP contribution is 2.21. The predicted molar refractivity (Wildman–Crippen MR) is 85.4 cm³/mol. The number of carbonyl (C=O) groups is 1. The second-order valence-electron chi connectivity index (χ2n) is 4.32. The topological polar surface area (TPSA) is 75.3 Å². The normalized spacial score (nSPS) is 11.1. The minimum absolute atomic E-state index is 0.215. The number of halogens is 1. The van der Waals surface area contributed by atoms with E-state index < -0.39 is 10.0 Å². The fourth-order valence-electron chi connectivity index (χ4n) is 1.67. The molecule has 0 saturated heterocycles. The van der Waals surface area contributed by atoms with Gasteiger partial charge >= 0.3 is 0 Å². The van der Waals surface area contributed by atoms with Crippen LogP contribution in [0.1, 0.15) is 15.2 Å². The monoisotopic (exact) mass is 344 g/mol. The van der Waals surface area contributed by atoms with Crippen LogP contribution in [0.15, 0.2) is 36.4 Å². The number of carbonyl (C=O) groups excluding carboxylic acids is 1. The third kappa shape index (κ3) is 4.73. The number of anilines is 1. The van der Waals surface area contributed by atoms with Crippen molar-refractivity contribution in [3.63, 3.8) is 0 Å². The van der Waals surface area contributed by atoms with Crippen LogP contribution in [0.2, 0.25) is 4.34 Å². The van der Waals surface area contributed by atoms with Gasteiger partial charge in [-0.25, -0.2) is 8.42 Å². The van der Waals surface area contributed by atoms with E-state index in [1.54, 1.807) is 36.4 Å². The fourth-order valence-corrected chi connectivity index (χ4v) is 3.23. The summed E-state index contributed by atoms with van der Waals surface area (Å²) in [5.74, 6) is -0.249. The van der Waals surface area contributed by atoms with Gasteiger partial charge in [0.15, 0.2) is 0 Å². The lowest BCUT2D eigenvalue weighted by molar-refractivity contribution is 0.0955. The number of para-hydroxylation sites is 1. The smallest absolute Gasteiger partial charge is 0.261 e. The highest BCUT2D eigenvalue weighted by molar-refractivity contribution is 7.92. The first-order valence-corrected chi connectivity index (χ1v) is 9.03. The van der Waals surface area contributed by atoms with Crippen molar-refractivity contribution in [2.75, 3.05) is 11.0 Å². The molecule has 2 N–H and O–H groups in total. The van der Waals surface area contributed by atoms with Crippen LogP contribution in [0, 0.1) is 0 Å². The second-order valence-corrected chi connectivity index (χ2v) is 7.78. The summed E-state index contributed by atoms with van der Waals surface area (Å²) >= 11 is 6.97. The summed E-state index contributed by atoms with van der Waals surface area (Å²) in [5, 5.41) is 2.73. The molecule has 0 aliphatic rings. The van der Waals surface area contributed by atoms with Gasteiger partial charge in [0.2, 0.25) is 10.0 Å². The first kappa shape index (κ1) is 15.8. The number of nitrogens with one attached hydrogen (secondary N) is 2.